The Kier molecular flexibility index (Phi) is 6.04. The number of benzene rings is 2. The Morgan fingerprint density at radius 3 is 2.59 bits per heavy atom. The summed E-state index contributed by atoms with van der Waals surface area (Å²) in [6, 6.07) is 12.5. The van der Waals surface area contributed by atoms with Crippen molar-refractivity contribution in [2.75, 3.05) is 0 Å². The third-order valence-electron chi connectivity index (χ3n) is 5.72. The summed E-state index contributed by atoms with van der Waals surface area (Å²) in [7, 11) is 0. The summed E-state index contributed by atoms with van der Waals surface area (Å²) in [5.74, 6) is 4.10. The molecule has 32 heavy (non-hydrogen) atoms. The van der Waals surface area contributed by atoms with Crippen LogP contribution in [0.5, 0.6) is 0 Å². The zero-order valence-electron chi connectivity index (χ0n) is 17.7. The van der Waals surface area contributed by atoms with Crippen LogP contribution in [0, 0.1) is 11.8 Å². The molecule has 2 heterocycles. The van der Waals surface area contributed by atoms with Crippen LogP contribution in [0.3, 0.4) is 0 Å². The number of amides is 4. The fraction of sp³-hybridized carbons (Fsp3) is 0.280. The van der Waals surface area contributed by atoms with Gasteiger partial charge < -0.3 is 10.2 Å². The molecule has 1 atom stereocenters. The number of imide groups is 1. The van der Waals surface area contributed by atoms with Gasteiger partial charge in [0.2, 0.25) is 11.8 Å². The molecule has 2 aromatic rings. The quantitative estimate of drug-likeness (QED) is 0.571. The zero-order chi connectivity index (χ0) is 22.7. The molecule has 4 amide bonds. The summed E-state index contributed by atoms with van der Waals surface area (Å²) in [4.78, 5) is 49.9. The lowest BCUT2D eigenvalue weighted by Gasteiger charge is -2.29. The van der Waals surface area contributed by atoms with E-state index in [-0.39, 0.29) is 30.7 Å². The van der Waals surface area contributed by atoms with Crippen molar-refractivity contribution in [1.29, 1.82) is 0 Å². The summed E-state index contributed by atoms with van der Waals surface area (Å²) in [5, 5.41) is 5.06. The molecule has 7 heteroatoms. The van der Waals surface area contributed by atoms with Gasteiger partial charge in [-0.1, -0.05) is 37.1 Å². The van der Waals surface area contributed by atoms with Crippen LogP contribution in [-0.4, -0.2) is 34.6 Å². The van der Waals surface area contributed by atoms with Gasteiger partial charge in [-0.05, 0) is 47.7 Å². The van der Waals surface area contributed by atoms with Crippen molar-refractivity contribution < 1.29 is 19.2 Å². The summed E-state index contributed by atoms with van der Waals surface area (Å²) < 4.78 is 0. The molecule has 0 radical (unpaired) electrons. The highest BCUT2D eigenvalue weighted by Crippen LogP contribution is 2.28. The highest BCUT2D eigenvalue weighted by Gasteiger charge is 2.38. The van der Waals surface area contributed by atoms with Crippen LogP contribution in [0.4, 0.5) is 0 Å². The topological polar surface area (TPSA) is 95.6 Å². The molecule has 1 saturated heterocycles. The van der Waals surface area contributed by atoms with E-state index in [1.165, 1.54) is 10.5 Å². The molecule has 2 aromatic carbocycles. The van der Waals surface area contributed by atoms with Crippen LogP contribution in [0.2, 0.25) is 0 Å². The molecule has 2 N–H and O–H groups in total. The normalized spacial score (nSPS) is 17.3. The Morgan fingerprint density at radius 1 is 1.12 bits per heavy atom. The van der Waals surface area contributed by atoms with Crippen LogP contribution in [0.15, 0.2) is 42.5 Å². The molecule has 1 unspecified atom stereocenters. The number of aryl methyl sites for hydroxylation is 1. The molecule has 0 aliphatic carbocycles. The minimum absolute atomic E-state index is 0.218. The van der Waals surface area contributed by atoms with E-state index in [4.69, 9.17) is 0 Å². The second-order valence-corrected chi connectivity index (χ2v) is 7.87. The van der Waals surface area contributed by atoms with E-state index in [1.54, 1.807) is 12.1 Å². The van der Waals surface area contributed by atoms with Crippen molar-refractivity contribution in [2.45, 2.75) is 45.3 Å². The Labute approximate surface area is 186 Å². The smallest absolute Gasteiger partial charge is 0.296 e. The molecule has 2 aliphatic heterocycles. The highest BCUT2D eigenvalue weighted by molar-refractivity contribution is 6.05. The summed E-state index contributed by atoms with van der Waals surface area (Å²) >= 11 is 0. The first kappa shape index (κ1) is 21.3. The monoisotopic (exact) mass is 429 g/mol. The number of piperidine rings is 1. The number of nitrogens with zero attached hydrogens (tertiary/aromatic N) is 1. The number of nitrogens with one attached hydrogen (secondary N) is 2. The average Bonchev–Trinajstić information content (AvgIpc) is 3.12. The predicted octanol–water partition coefficient (Wildman–Crippen LogP) is 1.68. The molecular formula is C25H23N3O4. The van der Waals surface area contributed by atoms with E-state index in [2.05, 4.69) is 29.4 Å². The van der Waals surface area contributed by atoms with Crippen LogP contribution < -0.4 is 10.6 Å². The van der Waals surface area contributed by atoms with Gasteiger partial charge >= 0.3 is 0 Å². The van der Waals surface area contributed by atoms with Crippen LogP contribution in [0.25, 0.3) is 0 Å². The molecule has 0 spiro atoms. The Bertz CT molecular complexity index is 1160. The van der Waals surface area contributed by atoms with Crippen molar-refractivity contribution in [2.24, 2.45) is 0 Å². The molecule has 162 valence electrons. The fourth-order valence-corrected chi connectivity index (χ4v) is 3.92. The fourth-order valence-electron chi connectivity index (χ4n) is 3.92. The van der Waals surface area contributed by atoms with E-state index in [0.717, 1.165) is 23.1 Å². The number of carbonyl (C=O) groups excluding carboxylic acids is 4. The van der Waals surface area contributed by atoms with Crippen LogP contribution in [0.1, 0.15) is 52.4 Å². The predicted molar refractivity (Wildman–Crippen MR) is 117 cm³/mol. The first-order chi connectivity index (χ1) is 15.4. The number of hydrogen-bond acceptors (Lipinski definition) is 4. The number of fused-ring (bicyclic) bond motifs is 1. The van der Waals surface area contributed by atoms with E-state index >= 15 is 0 Å². The SMILES string of the molecule is CCc1ccc(C#CC(=O)NCc2ccc3c(c2)CN(C2CCC(=O)NC2=O)C3=O)cc1. The minimum Gasteiger partial charge on any atom is -0.341 e. The third-order valence-corrected chi connectivity index (χ3v) is 5.72. The van der Waals surface area contributed by atoms with Crippen LogP contribution >= 0.6 is 0 Å². The minimum atomic E-state index is -0.641. The van der Waals surface area contributed by atoms with E-state index in [9.17, 15) is 19.2 Å². The van der Waals surface area contributed by atoms with Crippen molar-refractivity contribution in [1.82, 2.24) is 15.5 Å². The number of carbonyl (C=O) groups is 4. The standard InChI is InChI=1S/C25H23N3O4/c1-2-16-3-5-17(6-4-16)8-11-22(29)26-14-18-7-9-20-19(13-18)15-28(25(20)32)21-10-12-23(30)27-24(21)31/h3-7,9,13,21H,2,10,12,14-15H2,1H3,(H,26,29)(H,27,30,31). The van der Waals surface area contributed by atoms with Gasteiger partial charge in [0.25, 0.3) is 11.8 Å². The van der Waals surface area contributed by atoms with E-state index in [1.807, 2.05) is 30.3 Å². The molecule has 7 nitrogen and oxygen atoms in total. The van der Waals surface area contributed by atoms with Crippen molar-refractivity contribution in [3.8, 4) is 11.8 Å². The van der Waals surface area contributed by atoms with E-state index in [0.29, 0.717) is 18.5 Å². The first-order valence-electron chi connectivity index (χ1n) is 10.6. The Balaban J connectivity index is 1.37. The number of hydrogen-bond donors (Lipinski definition) is 2. The van der Waals surface area contributed by atoms with Crippen molar-refractivity contribution >= 4 is 23.6 Å². The molecule has 1 fully saturated rings. The molecule has 0 bridgehead atoms. The average molecular weight is 429 g/mol. The Morgan fingerprint density at radius 2 is 1.88 bits per heavy atom. The second-order valence-electron chi connectivity index (χ2n) is 7.87. The first-order valence-corrected chi connectivity index (χ1v) is 10.6. The molecule has 2 aliphatic rings. The van der Waals surface area contributed by atoms with E-state index < -0.39 is 11.9 Å². The van der Waals surface area contributed by atoms with Crippen molar-refractivity contribution in [3.63, 3.8) is 0 Å². The summed E-state index contributed by atoms with van der Waals surface area (Å²) in [6.07, 6.45) is 1.50. The highest BCUT2D eigenvalue weighted by atomic mass is 16.2. The van der Waals surface area contributed by atoms with Gasteiger partial charge in [0, 0.05) is 36.6 Å². The van der Waals surface area contributed by atoms with Gasteiger partial charge in [-0.15, -0.1) is 0 Å². The lowest BCUT2D eigenvalue weighted by atomic mass is 10.0. The maximum Gasteiger partial charge on any atom is 0.296 e. The molecule has 0 aromatic heterocycles. The molecule has 0 saturated carbocycles. The van der Waals surface area contributed by atoms with Crippen LogP contribution in [-0.2, 0) is 33.9 Å². The third kappa shape index (κ3) is 4.54. The van der Waals surface area contributed by atoms with Gasteiger partial charge in [-0.3, -0.25) is 24.5 Å². The van der Waals surface area contributed by atoms with Crippen molar-refractivity contribution in [3.05, 3.63) is 70.3 Å². The van der Waals surface area contributed by atoms with Gasteiger partial charge in [-0.25, -0.2) is 0 Å². The van der Waals surface area contributed by atoms with Gasteiger partial charge in [-0.2, -0.15) is 0 Å². The maximum absolute atomic E-state index is 12.7. The number of rotatable bonds is 4. The van der Waals surface area contributed by atoms with Gasteiger partial charge in [0.1, 0.15) is 6.04 Å². The zero-order valence-corrected chi connectivity index (χ0v) is 17.7. The lowest BCUT2D eigenvalue weighted by molar-refractivity contribution is -0.137. The molecular weight excluding hydrogens is 406 g/mol. The maximum atomic E-state index is 12.7. The van der Waals surface area contributed by atoms with Gasteiger partial charge in [0.05, 0.1) is 0 Å². The largest absolute Gasteiger partial charge is 0.341 e. The summed E-state index contributed by atoms with van der Waals surface area (Å²) in [5.41, 5.74) is 4.17. The molecule has 4 rings (SSSR count). The second kappa shape index (κ2) is 9.06. The summed E-state index contributed by atoms with van der Waals surface area (Å²) in [6.45, 7) is 2.66. The Hall–Kier alpha value is -3.92. The van der Waals surface area contributed by atoms with Gasteiger partial charge in [0.15, 0.2) is 0 Å². The lowest BCUT2D eigenvalue weighted by Crippen LogP contribution is -2.52.